The molecule has 3 atom stereocenters. The van der Waals surface area contributed by atoms with Gasteiger partial charge in [0.25, 0.3) is 0 Å². The number of likely N-dealkylation sites (tertiary alicyclic amines) is 1. The van der Waals surface area contributed by atoms with Crippen molar-refractivity contribution in [2.45, 2.75) is 25.4 Å². The van der Waals surface area contributed by atoms with E-state index >= 15 is 0 Å². The van der Waals surface area contributed by atoms with E-state index in [9.17, 15) is 14.7 Å². The van der Waals surface area contributed by atoms with Crippen LogP contribution in [0.3, 0.4) is 0 Å². The average Bonchev–Trinajstić information content (AvgIpc) is 2.48. The maximum atomic E-state index is 11.4. The van der Waals surface area contributed by atoms with E-state index in [2.05, 4.69) is 5.32 Å². The minimum atomic E-state index is -1.06. The first-order valence-corrected chi connectivity index (χ1v) is 7.00. The monoisotopic (exact) mass is 292 g/mol. The summed E-state index contributed by atoms with van der Waals surface area (Å²) in [6, 6.07) is 9.58. The van der Waals surface area contributed by atoms with Crippen LogP contribution < -0.4 is 5.32 Å². The fourth-order valence-corrected chi connectivity index (χ4v) is 2.73. The highest BCUT2D eigenvalue weighted by Gasteiger charge is 2.36. The number of nitrogens with zero attached hydrogens (tertiary/aromatic N) is 1. The molecule has 1 aromatic rings. The molecule has 0 aliphatic carbocycles. The third kappa shape index (κ3) is 3.72. The largest absolute Gasteiger partial charge is 0.481 e. The normalized spacial score (nSPS) is 23.6. The Morgan fingerprint density at radius 1 is 1.29 bits per heavy atom. The zero-order chi connectivity index (χ0) is 15.4. The van der Waals surface area contributed by atoms with Crippen molar-refractivity contribution in [3.8, 4) is 0 Å². The van der Waals surface area contributed by atoms with Gasteiger partial charge in [-0.05, 0) is 18.9 Å². The zero-order valence-electron chi connectivity index (χ0n) is 11.9. The fourth-order valence-electron chi connectivity index (χ4n) is 2.73. The predicted molar refractivity (Wildman–Crippen MR) is 77.1 cm³/mol. The van der Waals surface area contributed by atoms with E-state index < -0.39 is 18.0 Å². The van der Waals surface area contributed by atoms with Gasteiger partial charge in [0.05, 0.1) is 5.92 Å². The second kappa shape index (κ2) is 6.58. The van der Waals surface area contributed by atoms with Crippen LogP contribution in [0.1, 0.15) is 24.9 Å². The molecule has 21 heavy (non-hydrogen) atoms. The molecule has 2 rings (SSSR count). The molecule has 0 radical (unpaired) electrons. The Bertz CT molecular complexity index is 506. The van der Waals surface area contributed by atoms with Gasteiger partial charge in [-0.25, -0.2) is 4.79 Å². The van der Waals surface area contributed by atoms with Crippen LogP contribution in [0.5, 0.6) is 0 Å². The second-order valence-corrected chi connectivity index (χ2v) is 5.37. The van der Waals surface area contributed by atoms with Gasteiger partial charge in [-0.3, -0.25) is 4.79 Å². The van der Waals surface area contributed by atoms with Crippen LogP contribution in [0.15, 0.2) is 30.3 Å². The number of carboxylic acids is 1. The summed E-state index contributed by atoms with van der Waals surface area (Å²) in [4.78, 5) is 23.5. The Labute approximate surface area is 123 Å². The summed E-state index contributed by atoms with van der Waals surface area (Å²) >= 11 is 0. The molecule has 1 unspecified atom stereocenters. The SMILES string of the molecule is CC(N[C@H]1CCN(C(=O)O)C[C@H]1C(=O)O)c1ccccc1. The molecule has 0 bridgehead atoms. The quantitative estimate of drug-likeness (QED) is 0.787. The van der Waals surface area contributed by atoms with E-state index in [1.165, 1.54) is 4.90 Å². The maximum absolute atomic E-state index is 11.4. The molecule has 1 saturated heterocycles. The third-order valence-corrected chi connectivity index (χ3v) is 3.96. The second-order valence-electron chi connectivity index (χ2n) is 5.37. The van der Waals surface area contributed by atoms with E-state index in [4.69, 9.17) is 5.11 Å². The topological polar surface area (TPSA) is 89.9 Å². The Kier molecular flexibility index (Phi) is 4.80. The van der Waals surface area contributed by atoms with Crippen LogP contribution in [0.4, 0.5) is 4.79 Å². The third-order valence-electron chi connectivity index (χ3n) is 3.96. The zero-order valence-corrected chi connectivity index (χ0v) is 11.9. The Morgan fingerprint density at radius 2 is 1.95 bits per heavy atom. The predicted octanol–water partition coefficient (Wildman–Crippen LogP) is 1.79. The lowest BCUT2D eigenvalue weighted by Crippen LogP contribution is -2.53. The van der Waals surface area contributed by atoms with Crippen molar-refractivity contribution >= 4 is 12.1 Å². The molecule has 1 aliphatic rings. The molecule has 3 N–H and O–H groups in total. The number of hydrogen-bond donors (Lipinski definition) is 3. The summed E-state index contributed by atoms with van der Waals surface area (Å²) in [5.41, 5.74) is 1.09. The summed E-state index contributed by atoms with van der Waals surface area (Å²) in [5.74, 6) is -1.68. The number of amides is 1. The van der Waals surface area contributed by atoms with Crippen molar-refractivity contribution in [1.29, 1.82) is 0 Å². The van der Waals surface area contributed by atoms with Gasteiger partial charge in [0, 0.05) is 25.2 Å². The number of piperidine rings is 1. The Hall–Kier alpha value is -2.08. The van der Waals surface area contributed by atoms with Gasteiger partial charge in [-0.15, -0.1) is 0 Å². The lowest BCUT2D eigenvalue weighted by Gasteiger charge is -2.37. The molecule has 1 fully saturated rings. The standard InChI is InChI=1S/C15H20N2O4/c1-10(11-5-3-2-4-6-11)16-13-7-8-17(15(20)21)9-12(13)14(18)19/h2-6,10,12-13,16H,7-9H2,1H3,(H,18,19)(H,20,21)/t10?,12-,13+/m1/s1. The first-order chi connectivity index (χ1) is 9.99. The average molecular weight is 292 g/mol. The Balaban J connectivity index is 2.04. The first kappa shape index (κ1) is 15.3. The first-order valence-electron chi connectivity index (χ1n) is 7.00. The van der Waals surface area contributed by atoms with Gasteiger partial charge in [-0.1, -0.05) is 30.3 Å². The lowest BCUT2D eigenvalue weighted by molar-refractivity contribution is -0.144. The van der Waals surface area contributed by atoms with Gasteiger partial charge in [-0.2, -0.15) is 0 Å². The van der Waals surface area contributed by atoms with Crippen molar-refractivity contribution in [2.24, 2.45) is 5.92 Å². The smallest absolute Gasteiger partial charge is 0.407 e. The molecule has 6 heteroatoms. The number of aliphatic carboxylic acids is 1. The summed E-state index contributed by atoms with van der Waals surface area (Å²) in [6.07, 6.45) is -0.559. The molecule has 0 saturated carbocycles. The summed E-state index contributed by atoms with van der Waals surface area (Å²) in [7, 11) is 0. The fraction of sp³-hybridized carbons (Fsp3) is 0.467. The van der Waals surface area contributed by atoms with Gasteiger partial charge >= 0.3 is 12.1 Å². The van der Waals surface area contributed by atoms with Crippen LogP contribution in [0, 0.1) is 5.92 Å². The van der Waals surface area contributed by atoms with Crippen molar-refractivity contribution in [1.82, 2.24) is 10.2 Å². The minimum absolute atomic E-state index is 0.0226. The van der Waals surface area contributed by atoms with Gasteiger partial charge in [0.2, 0.25) is 0 Å². The summed E-state index contributed by atoms with van der Waals surface area (Å²) in [6.45, 7) is 2.37. The van der Waals surface area contributed by atoms with Crippen LogP contribution in [-0.2, 0) is 4.79 Å². The highest BCUT2D eigenvalue weighted by Crippen LogP contribution is 2.22. The molecule has 0 aromatic heterocycles. The van der Waals surface area contributed by atoms with Gasteiger partial charge in [0.15, 0.2) is 0 Å². The molecule has 1 heterocycles. The van der Waals surface area contributed by atoms with Crippen LogP contribution in [0.25, 0.3) is 0 Å². The summed E-state index contributed by atoms with van der Waals surface area (Å²) < 4.78 is 0. The summed E-state index contributed by atoms with van der Waals surface area (Å²) in [5, 5.41) is 21.7. The van der Waals surface area contributed by atoms with Gasteiger partial charge < -0.3 is 20.4 Å². The van der Waals surface area contributed by atoms with Crippen molar-refractivity contribution in [3.05, 3.63) is 35.9 Å². The molecule has 1 aromatic carbocycles. The van der Waals surface area contributed by atoms with Crippen LogP contribution >= 0.6 is 0 Å². The molecule has 1 amide bonds. The molecule has 6 nitrogen and oxygen atoms in total. The van der Waals surface area contributed by atoms with Crippen molar-refractivity contribution in [2.75, 3.05) is 13.1 Å². The molecule has 1 aliphatic heterocycles. The molecule has 0 spiro atoms. The van der Waals surface area contributed by atoms with Gasteiger partial charge in [0.1, 0.15) is 0 Å². The van der Waals surface area contributed by atoms with E-state index in [0.717, 1.165) is 5.56 Å². The Morgan fingerprint density at radius 3 is 2.52 bits per heavy atom. The van der Waals surface area contributed by atoms with E-state index in [0.29, 0.717) is 13.0 Å². The van der Waals surface area contributed by atoms with E-state index in [1.807, 2.05) is 37.3 Å². The number of hydrogen-bond acceptors (Lipinski definition) is 3. The van der Waals surface area contributed by atoms with Crippen LogP contribution in [-0.4, -0.2) is 46.3 Å². The van der Waals surface area contributed by atoms with Crippen molar-refractivity contribution < 1.29 is 19.8 Å². The van der Waals surface area contributed by atoms with Crippen molar-refractivity contribution in [3.63, 3.8) is 0 Å². The number of benzene rings is 1. The van der Waals surface area contributed by atoms with E-state index in [1.54, 1.807) is 0 Å². The number of rotatable bonds is 4. The highest BCUT2D eigenvalue weighted by molar-refractivity contribution is 5.73. The molecular weight excluding hydrogens is 272 g/mol. The van der Waals surface area contributed by atoms with Crippen LogP contribution in [0.2, 0.25) is 0 Å². The number of carboxylic acid groups (broad SMARTS) is 2. The lowest BCUT2D eigenvalue weighted by atomic mass is 9.91. The minimum Gasteiger partial charge on any atom is -0.481 e. The highest BCUT2D eigenvalue weighted by atomic mass is 16.4. The molecular formula is C15H20N2O4. The molecule has 114 valence electrons. The number of carbonyl (C=O) groups is 2. The number of nitrogens with one attached hydrogen (secondary N) is 1. The maximum Gasteiger partial charge on any atom is 0.407 e. The van der Waals surface area contributed by atoms with E-state index in [-0.39, 0.29) is 18.6 Å².